The molecule has 0 unspecified atom stereocenters. The molecule has 3 rings (SSSR count). The number of carboxylic acid groups (broad SMARTS) is 1. The first-order valence-corrected chi connectivity index (χ1v) is 8.38. The number of hydrogen-bond donors (Lipinski definition) is 1. The van der Waals surface area contributed by atoms with Crippen molar-refractivity contribution in [2.45, 2.75) is 20.8 Å². The standard InChI is InChI=1S/C20H18N2O5/c1-4-27-20(26)16-11(2)9-14-17(12(16)3)21-10-22(18(14)23)15-8-6-5-7-13(15)19(24)25/h5-10H,4H2,1-3H3,(H,24,25). The second-order valence-corrected chi connectivity index (χ2v) is 6.05. The van der Waals surface area contributed by atoms with Crippen molar-refractivity contribution in [3.8, 4) is 5.69 Å². The van der Waals surface area contributed by atoms with Crippen molar-refractivity contribution in [1.82, 2.24) is 9.55 Å². The van der Waals surface area contributed by atoms with Gasteiger partial charge in [0.15, 0.2) is 0 Å². The molecular weight excluding hydrogens is 348 g/mol. The number of aromatic carboxylic acids is 1. The van der Waals surface area contributed by atoms with Gasteiger partial charge in [0.05, 0.1) is 34.3 Å². The molecule has 0 bridgehead atoms. The molecule has 1 N–H and O–H groups in total. The SMILES string of the molecule is CCOC(=O)c1c(C)cc2c(=O)n(-c3ccccc3C(=O)O)cnc2c1C. The molecule has 0 aliphatic carbocycles. The molecule has 1 aromatic heterocycles. The Morgan fingerprint density at radius 3 is 2.59 bits per heavy atom. The van der Waals surface area contributed by atoms with E-state index in [0.29, 0.717) is 27.6 Å². The van der Waals surface area contributed by atoms with E-state index in [1.165, 1.54) is 17.0 Å². The van der Waals surface area contributed by atoms with Crippen LogP contribution < -0.4 is 5.56 Å². The predicted octanol–water partition coefficient (Wildman–Crippen LogP) is 2.88. The van der Waals surface area contributed by atoms with Gasteiger partial charge in [-0.1, -0.05) is 12.1 Å². The fraction of sp³-hybridized carbons (Fsp3) is 0.200. The molecule has 0 aliphatic rings. The van der Waals surface area contributed by atoms with Crippen LogP contribution in [0.1, 0.15) is 38.8 Å². The Morgan fingerprint density at radius 2 is 1.93 bits per heavy atom. The van der Waals surface area contributed by atoms with E-state index in [2.05, 4.69) is 4.98 Å². The number of hydrogen-bond acceptors (Lipinski definition) is 5. The number of carbonyl (C=O) groups is 2. The molecule has 1 heterocycles. The molecule has 0 atom stereocenters. The quantitative estimate of drug-likeness (QED) is 0.713. The molecule has 0 radical (unpaired) electrons. The van der Waals surface area contributed by atoms with Crippen LogP contribution in [0, 0.1) is 13.8 Å². The minimum absolute atomic E-state index is 0.00247. The maximum Gasteiger partial charge on any atom is 0.338 e. The normalized spacial score (nSPS) is 10.8. The molecule has 0 spiro atoms. The van der Waals surface area contributed by atoms with E-state index in [4.69, 9.17) is 4.74 Å². The van der Waals surface area contributed by atoms with Crippen molar-refractivity contribution in [1.29, 1.82) is 0 Å². The number of nitrogens with zero attached hydrogens (tertiary/aromatic N) is 2. The highest BCUT2D eigenvalue weighted by molar-refractivity contribution is 5.99. The van der Waals surface area contributed by atoms with E-state index in [-0.39, 0.29) is 17.9 Å². The van der Waals surface area contributed by atoms with Gasteiger partial charge in [0.1, 0.15) is 6.33 Å². The molecule has 138 valence electrons. The van der Waals surface area contributed by atoms with Crippen LogP contribution in [-0.4, -0.2) is 33.2 Å². The highest BCUT2D eigenvalue weighted by Crippen LogP contribution is 2.23. The monoisotopic (exact) mass is 366 g/mol. The van der Waals surface area contributed by atoms with E-state index < -0.39 is 17.5 Å². The summed E-state index contributed by atoms with van der Waals surface area (Å²) in [6.45, 7) is 5.40. The third-order valence-electron chi connectivity index (χ3n) is 4.37. The Morgan fingerprint density at radius 1 is 1.22 bits per heavy atom. The average molecular weight is 366 g/mol. The van der Waals surface area contributed by atoms with Crippen LogP contribution in [0.15, 0.2) is 41.5 Å². The lowest BCUT2D eigenvalue weighted by Gasteiger charge is -2.14. The smallest absolute Gasteiger partial charge is 0.338 e. The Labute approximate surface area is 154 Å². The van der Waals surface area contributed by atoms with Crippen LogP contribution in [0.5, 0.6) is 0 Å². The maximum absolute atomic E-state index is 13.0. The minimum atomic E-state index is -1.14. The van der Waals surface area contributed by atoms with Gasteiger partial charge in [0, 0.05) is 0 Å². The van der Waals surface area contributed by atoms with Crippen LogP contribution in [-0.2, 0) is 4.74 Å². The summed E-state index contributed by atoms with van der Waals surface area (Å²) in [5.41, 5.74) is 1.75. The number of rotatable bonds is 4. The average Bonchev–Trinajstić information content (AvgIpc) is 2.63. The van der Waals surface area contributed by atoms with E-state index in [0.717, 1.165) is 0 Å². The number of carboxylic acids is 1. The molecule has 7 nitrogen and oxygen atoms in total. The van der Waals surface area contributed by atoms with Gasteiger partial charge in [0.25, 0.3) is 5.56 Å². The van der Waals surface area contributed by atoms with Gasteiger partial charge in [-0.15, -0.1) is 0 Å². The maximum atomic E-state index is 13.0. The summed E-state index contributed by atoms with van der Waals surface area (Å²) in [5.74, 6) is -1.60. The number of benzene rings is 2. The molecule has 3 aromatic rings. The van der Waals surface area contributed by atoms with Crippen LogP contribution in [0.2, 0.25) is 0 Å². The lowest BCUT2D eigenvalue weighted by molar-refractivity contribution is 0.0524. The van der Waals surface area contributed by atoms with Crippen LogP contribution in [0.3, 0.4) is 0 Å². The number of aryl methyl sites for hydroxylation is 2. The van der Waals surface area contributed by atoms with E-state index in [9.17, 15) is 19.5 Å². The van der Waals surface area contributed by atoms with Crippen molar-refractivity contribution in [3.05, 3.63) is 69.3 Å². The number of carbonyl (C=O) groups excluding carboxylic acids is 1. The van der Waals surface area contributed by atoms with E-state index in [1.54, 1.807) is 45.0 Å². The Bertz CT molecular complexity index is 1130. The van der Waals surface area contributed by atoms with Crippen molar-refractivity contribution in [2.75, 3.05) is 6.61 Å². The molecule has 2 aromatic carbocycles. The summed E-state index contributed by atoms with van der Waals surface area (Å²) in [5, 5.41) is 9.69. The van der Waals surface area contributed by atoms with Crippen LogP contribution in [0.25, 0.3) is 16.6 Å². The predicted molar refractivity (Wildman–Crippen MR) is 99.7 cm³/mol. The molecule has 27 heavy (non-hydrogen) atoms. The second-order valence-electron chi connectivity index (χ2n) is 6.05. The first kappa shape index (κ1) is 18.3. The molecule has 0 fully saturated rings. The van der Waals surface area contributed by atoms with Crippen LogP contribution >= 0.6 is 0 Å². The highest BCUT2D eigenvalue weighted by Gasteiger charge is 2.20. The van der Waals surface area contributed by atoms with Gasteiger partial charge in [-0.25, -0.2) is 14.6 Å². The molecule has 0 amide bonds. The van der Waals surface area contributed by atoms with Crippen molar-refractivity contribution in [2.24, 2.45) is 0 Å². The zero-order chi connectivity index (χ0) is 19.7. The fourth-order valence-corrected chi connectivity index (χ4v) is 3.15. The first-order chi connectivity index (χ1) is 12.9. The lowest BCUT2D eigenvalue weighted by Crippen LogP contribution is -2.22. The van der Waals surface area contributed by atoms with Gasteiger partial charge in [-0.3, -0.25) is 9.36 Å². The van der Waals surface area contributed by atoms with E-state index >= 15 is 0 Å². The summed E-state index contributed by atoms with van der Waals surface area (Å²) in [6.07, 6.45) is 1.28. The van der Waals surface area contributed by atoms with Crippen molar-refractivity contribution >= 4 is 22.8 Å². The molecular formula is C20H18N2O5. The highest BCUT2D eigenvalue weighted by atomic mass is 16.5. The topological polar surface area (TPSA) is 98.5 Å². The van der Waals surface area contributed by atoms with Gasteiger partial charge < -0.3 is 9.84 Å². The summed E-state index contributed by atoms with van der Waals surface area (Å²) >= 11 is 0. The van der Waals surface area contributed by atoms with Gasteiger partial charge in [0.2, 0.25) is 0 Å². The molecule has 0 aliphatic heterocycles. The number of para-hydroxylation sites is 1. The summed E-state index contributed by atoms with van der Waals surface area (Å²) in [7, 11) is 0. The molecule has 7 heteroatoms. The zero-order valence-corrected chi connectivity index (χ0v) is 15.1. The Kier molecular flexibility index (Phi) is 4.77. The second kappa shape index (κ2) is 7.03. The third kappa shape index (κ3) is 3.08. The summed E-state index contributed by atoms with van der Waals surface area (Å²) < 4.78 is 6.29. The van der Waals surface area contributed by atoms with Gasteiger partial charge in [-0.2, -0.15) is 0 Å². The third-order valence-corrected chi connectivity index (χ3v) is 4.37. The van der Waals surface area contributed by atoms with E-state index in [1.807, 2.05) is 0 Å². The molecule has 0 saturated carbocycles. The number of aromatic nitrogens is 2. The van der Waals surface area contributed by atoms with Crippen molar-refractivity contribution in [3.63, 3.8) is 0 Å². The number of ether oxygens (including phenoxy) is 1. The largest absolute Gasteiger partial charge is 0.478 e. The first-order valence-electron chi connectivity index (χ1n) is 8.38. The fourth-order valence-electron chi connectivity index (χ4n) is 3.15. The zero-order valence-electron chi connectivity index (χ0n) is 15.1. The summed E-state index contributed by atoms with van der Waals surface area (Å²) in [6, 6.07) is 7.80. The lowest BCUT2D eigenvalue weighted by atomic mass is 9.99. The Balaban J connectivity index is 2.29. The molecule has 0 saturated heterocycles. The number of fused-ring (bicyclic) bond motifs is 1. The Hall–Kier alpha value is -3.48. The van der Waals surface area contributed by atoms with Crippen LogP contribution in [0.4, 0.5) is 0 Å². The summed E-state index contributed by atoms with van der Waals surface area (Å²) in [4.78, 5) is 41.1. The van der Waals surface area contributed by atoms with Gasteiger partial charge >= 0.3 is 11.9 Å². The number of esters is 1. The van der Waals surface area contributed by atoms with Crippen molar-refractivity contribution < 1.29 is 19.4 Å². The van der Waals surface area contributed by atoms with Gasteiger partial charge in [-0.05, 0) is 50.1 Å². The minimum Gasteiger partial charge on any atom is -0.478 e.